The molecular formula is C10H14OS2. The van der Waals surface area contributed by atoms with Crippen molar-refractivity contribution in [3.8, 4) is 0 Å². The van der Waals surface area contributed by atoms with Crippen molar-refractivity contribution in [3.05, 3.63) is 21.9 Å². The molecule has 2 rings (SSSR count). The van der Waals surface area contributed by atoms with Gasteiger partial charge < -0.3 is 5.11 Å². The van der Waals surface area contributed by atoms with E-state index in [4.69, 9.17) is 0 Å². The van der Waals surface area contributed by atoms with Crippen molar-refractivity contribution >= 4 is 23.1 Å². The molecule has 1 saturated heterocycles. The van der Waals surface area contributed by atoms with Crippen molar-refractivity contribution < 1.29 is 5.11 Å². The van der Waals surface area contributed by atoms with E-state index in [1.165, 1.54) is 23.5 Å². The van der Waals surface area contributed by atoms with Crippen molar-refractivity contribution in [2.75, 3.05) is 5.75 Å². The van der Waals surface area contributed by atoms with Gasteiger partial charge in [0, 0.05) is 10.1 Å². The molecule has 13 heavy (non-hydrogen) atoms. The van der Waals surface area contributed by atoms with Crippen LogP contribution in [0.25, 0.3) is 0 Å². The van der Waals surface area contributed by atoms with E-state index in [2.05, 4.69) is 18.4 Å². The SMILES string of the molecule is Cc1sccc1C(O)C1CCCS1. The molecule has 0 aromatic carbocycles. The molecular weight excluding hydrogens is 200 g/mol. The Bertz CT molecular complexity index is 276. The fourth-order valence-electron chi connectivity index (χ4n) is 1.75. The Kier molecular flexibility index (Phi) is 2.96. The summed E-state index contributed by atoms with van der Waals surface area (Å²) in [6.45, 7) is 2.09. The van der Waals surface area contributed by atoms with Crippen molar-refractivity contribution in [2.45, 2.75) is 31.1 Å². The van der Waals surface area contributed by atoms with Gasteiger partial charge in [-0.1, -0.05) is 0 Å². The summed E-state index contributed by atoms with van der Waals surface area (Å²) in [5.74, 6) is 1.21. The Morgan fingerprint density at radius 1 is 1.62 bits per heavy atom. The first kappa shape index (κ1) is 9.56. The van der Waals surface area contributed by atoms with E-state index in [1.54, 1.807) is 11.3 Å². The van der Waals surface area contributed by atoms with Crippen molar-refractivity contribution in [1.82, 2.24) is 0 Å². The maximum Gasteiger partial charge on any atom is 0.0919 e. The molecule has 1 nitrogen and oxygen atoms in total. The molecule has 2 atom stereocenters. The highest BCUT2D eigenvalue weighted by atomic mass is 32.2. The fourth-order valence-corrected chi connectivity index (χ4v) is 3.80. The lowest BCUT2D eigenvalue weighted by Gasteiger charge is -2.16. The molecule has 2 heterocycles. The minimum atomic E-state index is -0.237. The van der Waals surface area contributed by atoms with Crippen LogP contribution < -0.4 is 0 Å². The summed E-state index contributed by atoms with van der Waals surface area (Å²) in [6.07, 6.45) is 2.19. The summed E-state index contributed by atoms with van der Waals surface area (Å²) in [5, 5.41) is 12.6. The number of aliphatic hydroxyl groups excluding tert-OH is 1. The molecule has 1 N–H and O–H groups in total. The van der Waals surface area contributed by atoms with Gasteiger partial charge in [0.15, 0.2) is 0 Å². The van der Waals surface area contributed by atoms with Gasteiger partial charge in [-0.05, 0) is 42.5 Å². The summed E-state index contributed by atoms with van der Waals surface area (Å²) in [6, 6.07) is 2.06. The van der Waals surface area contributed by atoms with Gasteiger partial charge >= 0.3 is 0 Å². The Labute approximate surface area is 87.2 Å². The van der Waals surface area contributed by atoms with Gasteiger partial charge in [-0.25, -0.2) is 0 Å². The zero-order valence-electron chi connectivity index (χ0n) is 7.69. The Morgan fingerprint density at radius 3 is 3.00 bits per heavy atom. The van der Waals surface area contributed by atoms with Crippen LogP contribution in [0.15, 0.2) is 11.4 Å². The molecule has 0 bridgehead atoms. The van der Waals surface area contributed by atoms with Crippen molar-refractivity contribution in [2.24, 2.45) is 0 Å². The molecule has 0 saturated carbocycles. The van der Waals surface area contributed by atoms with Crippen LogP contribution in [0.4, 0.5) is 0 Å². The fraction of sp³-hybridized carbons (Fsp3) is 0.600. The predicted molar refractivity (Wildman–Crippen MR) is 59.5 cm³/mol. The van der Waals surface area contributed by atoms with Crippen LogP contribution in [0.2, 0.25) is 0 Å². The lowest BCUT2D eigenvalue weighted by atomic mass is 10.1. The van der Waals surface area contributed by atoms with E-state index in [0.717, 1.165) is 5.56 Å². The van der Waals surface area contributed by atoms with Crippen molar-refractivity contribution in [3.63, 3.8) is 0 Å². The zero-order valence-corrected chi connectivity index (χ0v) is 9.33. The topological polar surface area (TPSA) is 20.2 Å². The highest BCUT2D eigenvalue weighted by molar-refractivity contribution is 8.00. The van der Waals surface area contributed by atoms with Gasteiger partial charge in [-0.15, -0.1) is 11.3 Å². The van der Waals surface area contributed by atoms with E-state index < -0.39 is 0 Å². The minimum Gasteiger partial charge on any atom is -0.387 e. The quantitative estimate of drug-likeness (QED) is 0.816. The first-order valence-corrected chi connectivity index (χ1v) is 6.55. The molecule has 72 valence electrons. The van der Waals surface area contributed by atoms with Crippen LogP contribution in [-0.2, 0) is 0 Å². The van der Waals surface area contributed by atoms with Crippen molar-refractivity contribution in [1.29, 1.82) is 0 Å². The first-order valence-electron chi connectivity index (χ1n) is 4.62. The highest BCUT2D eigenvalue weighted by Crippen LogP contribution is 2.37. The van der Waals surface area contributed by atoms with Crippen LogP contribution in [0.3, 0.4) is 0 Å². The molecule has 2 unspecified atom stereocenters. The van der Waals surface area contributed by atoms with E-state index >= 15 is 0 Å². The Balaban J connectivity index is 2.12. The molecule has 0 amide bonds. The third-order valence-corrected chi connectivity index (χ3v) is 4.84. The normalized spacial score (nSPS) is 24.9. The molecule has 0 spiro atoms. The average Bonchev–Trinajstić information content (AvgIpc) is 2.72. The Hall–Kier alpha value is 0.01000. The monoisotopic (exact) mass is 214 g/mol. The maximum absolute atomic E-state index is 10.1. The standard InChI is InChI=1S/C10H14OS2/c1-7-8(4-6-12-7)10(11)9-3-2-5-13-9/h4,6,9-11H,2-3,5H2,1H3. The number of rotatable bonds is 2. The smallest absolute Gasteiger partial charge is 0.0919 e. The van der Waals surface area contributed by atoms with Crippen LogP contribution >= 0.6 is 23.1 Å². The van der Waals surface area contributed by atoms with Gasteiger partial charge in [0.1, 0.15) is 0 Å². The molecule has 1 aliphatic heterocycles. The number of thiophene rings is 1. The number of aliphatic hydroxyl groups is 1. The molecule has 1 aromatic heterocycles. The molecule has 1 aliphatic rings. The molecule has 0 radical (unpaired) electrons. The second-order valence-corrected chi connectivity index (χ2v) is 5.90. The van der Waals surface area contributed by atoms with Crippen LogP contribution in [0.1, 0.15) is 29.4 Å². The summed E-state index contributed by atoms with van der Waals surface area (Å²) >= 11 is 3.63. The van der Waals surface area contributed by atoms with E-state index in [0.29, 0.717) is 5.25 Å². The summed E-state index contributed by atoms with van der Waals surface area (Å²) in [7, 11) is 0. The third kappa shape index (κ3) is 1.92. The number of hydrogen-bond donors (Lipinski definition) is 1. The zero-order chi connectivity index (χ0) is 9.26. The van der Waals surface area contributed by atoms with E-state index in [1.807, 2.05) is 11.8 Å². The molecule has 1 aromatic rings. The Morgan fingerprint density at radius 2 is 2.46 bits per heavy atom. The minimum absolute atomic E-state index is 0.237. The lowest BCUT2D eigenvalue weighted by Crippen LogP contribution is -2.11. The second-order valence-electron chi connectivity index (χ2n) is 3.43. The van der Waals surface area contributed by atoms with Gasteiger partial charge in [-0.3, -0.25) is 0 Å². The van der Waals surface area contributed by atoms with Crippen LogP contribution in [0.5, 0.6) is 0 Å². The van der Waals surface area contributed by atoms with Gasteiger partial charge in [0.2, 0.25) is 0 Å². The predicted octanol–water partition coefficient (Wildman–Crippen LogP) is 2.99. The van der Waals surface area contributed by atoms with Gasteiger partial charge in [0.05, 0.1) is 6.10 Å². The second kappa shape index (κ2) is 4.03. The lowest BCUT2D eigenvalue weighted by molar-refractivity contribution is 0.173. The largest absolute Gasteiger partial charge is 0.387 e. The van der Waals surface area contributed by atoms with E-state index in [9.17, 15) is 5.11 Å². The van der Waals surface area contributed by atoms with Crippen LogP contribution in [0, 0.1) is 6.92 Å². The number of aryl methyl sites for hydroxylation is 1. The van der Waals surface area contributed by atoms with Crippen LogP contribution in [-0.4, -0.2) is 16.1 Å². The number of hydrogen-bond acceptors (Lipinski definition) is 3. The summed E-state index contributed by atoms with van der Waals surface area (Å²) in [4.78, 5) is 1.26. The highest BCUT2D eigenvalue weighted by Gasteiger charge is 2.26. The average molecular weight is 214 g/mol. The summed E-state index contributed by atoms with van der Waals surface area (Å²) < 4.78 is 0. The molecule has 1 fully saturated rings. The molecule has 0 aliphatic carbocycles. The van der Waals surface area contributed by atoms with Gasteiger partial charge in [-0.2, -0.15) is 11.8 Å². The van der Waals surface area contributed by atoms with E-state index in [-0.39, 0.29) is 6.10 Å². The number of thioether (sulfide) groups is 1. The molecule has 3 heteroatoms. The third-order valence-electron chi connectivity index (χ3n) is 2.53. The maximum atomic E-state index is 10.1. The summed E-state index contributed by atoms with van der Waals surface area (Å²) in [5.41, 5.74) is 1.14. The van der Waals surface area contributed by atoms with Gasteiger partial charge in [0.25, 0.3) is 0 Å². The first-order chi connectivity index (χ1) is 6.29.